The number of aromatic nitrogens is 2. The number of aryl methyl sites for hydroxylation is 2. The number of phenolic OH excluding ortho intramolecular Hbond substituents is 1. The fourth-order valence-corrected chi connectivity index (χ4v) is 2.85. The van der Waals surface area contributed by atoms with Crippen LogP contribution in [0.4, 0.5) is 5.82 Å². The molecule has 24 heavy (non-hydrogen) atoms. The van der Waals surface area contributed by atoms with Crippen LogP contribution in [0, 0.1) is 6.92 Å². The summed E-state index contributed by atoms with van der Waals surface area (Å²) in [6.07, 6.45) is 3.11. The van der Waals surface area contributed by atoms with Crippen molar-refractivity contribution >= 4 is 17.6 Å². The summed E-state index contributed by atoms with van der Waals surface area (Å²) in [6.45, 7) is 2.41. The second-order valence-electron chi connectivity index (χ2n) is 6.03. The highest BCUT2D eigenvalue weighted by molar-refractivity contribution is 6.03. The Morgan fingerprint density at radius 2 is 2.17 bits per heavy atom. The number of benzene rings is 1. The molecule has 1 aromatic carbocycles. The van der Waals surface area contributed by atoms with Crippen molar-refractivity contribution in [1.29, 1.82) is 0 Å². The summed E-state index contributed by atoms with van der Waals surface area (Å²) in [4.78, 5) is 26.6. The number of aromatic hydroxyl groups is 1. The Hall–Kier alpha value is -2.83. The number of carbonyl (C=O) groups excluding carboxylic acids is 2. The van der Waals surface area contributed by atoms with Crippen molar-refractivity contribution in [3.05, 3.63) is 41.6 Å². The highest BCUT2D eigenvalue weighted by Gasteiger charge is 2.32. The maximum Gasteiger partial charge on any atom is 0.255 e. The summed E-state index contributed by atoms with van der Waals surface area (Å²) in [7, 11) is 1.79. The standard InChI is InChI=1S/C17H20N4O3/c1-11-5-6-12(14(22)10-11)16(23)18-13-4-3-8-21(17(13)24)15-7-9-20(2)19-15/h5-7,9-10,13,22H,3-4,8H2,1-2H3,(H,18,23). The first-order valence-electron chi connectivity index (χ1n) is 7.87. The second-order valence-corrected chi connectivity index (χ2v) is 6.03. The van der Waals surface area contributed by atoms with Crippen LogP contribution in [-0.2, 0) is 11.8 Å². The Balaban J connectivity index is 1.74. The molecule has 0 aliphatic carbocycles. The zero-order valence-corrected chi connectivity index (χ0v) is 13.7. The summed E-state index contributed by atoms with van der Waals surface area (Å²) >= 11 is 0. The molecule has 0 spiro atoms. The van der Waals surface area contributed by atoms with Crippen molar-refractivity contribution in [3.8, 4) is 5.75 Å². The smallest absolute Gasteiger partial charge is 0.255 e. The molecule has 7 heteroatoms. The first-order chi connectivity index (χ1) is 11.5. The molecule has 1 fully saturated rings. The molecule has 1 aliphatic heterocycles. The Labute approximate surface area is 139 Å². The summed E-state index contributed by atoms with van der Waals surface area (Å²) < 4.78 is 1.63. The third-order valence-electron chi connectivity index (χ3n) is 4.12. The fourth-order valence-electron chi connectivity index (χ4n) is 2.85. The maximum atomic E-state index is 12.6. The van der Waals surface area contributed by atoms with Crippen LogP contribution >= 0.6 is 0 Å². The molecule has 1 aliphatic rings. The molecule has 2 N–H and O–H groups in total. The lowest BCUT2D eigenvalue weighted by Crippen LogP contribution is -2.52. The van der Waals surface area contributed by atoms with Gasteiger partial charge < -0.3 is 10.4 Å². The van der Waals surface area contributed by atoms with E-state index in [2.05, 4.69) is 10.4 Å². The van der Waals surface area contributed by atoms with E-state index in [4.69, 9.17) is 0 Å². The molecule has 0 saturated carbocycles. The number of phenols is 1. The lowest BCUT2D eigenvalue weighted by Gasteiger charge is -2.31. The predicted molar refractivity (Wildman–Crippen MR) is 88.9 cm³/mol. The van der Waals surface area contributed by atoms with Crippen molar-refractivity contribution in [2.24, 2.45) is 7.05 Å². The van der Waals surface area contributed by atoms with Crippen molar-refractivity contribution in [2.45, 2.75) is 25.8 Å². The molecule has 2 aromatic rings. The highest BCUT2D eigenvalue weighted by atomic mass is 16.3. The van der Waals surface area contributed by atoms with Crippen LogP contribution < -0.4 is 10.2 Å². The summed E-state index contributed by atoms with van der Waals surface area (Å²) in [5, 5.41) is 16.9. The van der Waals surface area contributed by atoms with Gasteiger partial charge in [-0.3, -0.25) is 19.2 Å². The third-order valence-corrected chi connectivity index (χ3v) is 4.12. The molecule has 1 atom stereocenters. The Kier molecular flexibility index (Phi) is 4.24. The van der Waals surface area contributed by atoms with Crippen molar-refractivity contribution in [3.63, 3.8) is 0 Å². The van der Waals surface area contributed by atoms with Crippen LogP contribution in [0.1, 0.15) is 28.8 Å². The Bertz CT molecular complexity index is 784. The van der Waals surface area contributed by atoms with E-state index in [1.165, 1.54) is 6.07 Å². The third kappa shape index (κ3) is 3.10. The van der Waals surface area contributed by atoms with Gasteiger partial charge in [0, 0.05) is 25.9 Å². The van der Waals surface area contributed by atoms with Gasteiger partial charge in [-0.05, 0) is 37.5 Å². The lowest BCUT2D eigenvalue weighted by molar-refractivity contribution is -0.121. The summed E-state index contributed by atoms with van der Waals surface area (Å²) in [6, 6.07) is 5.99. The predicted octanol–water partition coefficient (Wildman–Crippen LogP) is 1.36. The van der Waals surface area contributed by atoms with E-state index in [0.717, 1.165) is 12.0 Å². The van der Waals surface area contributed by atoms with E-state index in [9.17, 15) is 14.7 Å². The number of piperidine rings is 1. The number of carbonyl (C=O) groups is 2. The largest absolute Gasteiger partial charge is 0.507 e. The molecule has 2 amide bonds. The van der Waals surface area contributed by atoms with Gasteiger partial charge in [-0.2, -0.15) is 5.10 Å². The Morgan fingerprint density at radius 3 is 2.83 bits per heavy atom. The van der Waals surface area contributed by atoms with Crippen molar-refractivity contribution in [1.82, 2.24) is 15.1 Å². The minimum atomic E-state index is -0.617. The molecule has 1 saturated heterocycles. The van der Waals surface area contributed by atoms with Gasteiger partial charge in [-0.25, -0.2) is 0 Å². The first kappa shape index (κ1) is 16.0. The number of anilines is 1. The van der Waals surface area contributed by atoms with E-state index in [1.54, 1.807) is 41.0 Å². The van der Waals surface area contributed by atoms with Crippen LogP contribution in [0.2, 0.25) is 0 Å². The molecular formula is C17H20N4O3. The average Bonchev–Trinajstić information content (AvgIpc) is 2.95. The monoisotopic (exact) mass is 328 g/mol. The minimum absolute atomic E-state index is 0.0858. The normalized spacial score (nSPS) is 17.8. The quantitative estimate of drug-likeness (QED) is 0.890. The van der Waals surface area contributed by atoms with E-state index in [-0.39, 0.29) is 17.2 Å². The van der Waals surface area contributed by atoms with Gasteiger partial charge in [-0.1, -0.05) is 6.07 Å². The lowest BCUT2D eigenvalue weighted by atomic mass is 10.0. The van der Waals surface area contributed by atoms with Gasteiger partial charge in [-0.15, -0.1) is 0 Å². The van der Waals surface area contributed by atoms with Gasteiger partial charge in [0.15, 0.2) is 5.82 Å². The van der Waals surface area contributed by atoms with Gasteiger partial charge >= 0.3 is 0 Å². The molecular weight excluding hydrogens is 308 g/mol. The van der Waals surface area contributed by atoms with Crippen LogP contribution in [0.25, 0.3) is 0 Å². The van der Waals surface area contributed by atoms with E-state index < -0.39 is 11.9 Å². The Morgan fingerprint density at radius 1 is 1.38 bits per heavy atom. The molecule has 2 heterocycles. The van der Waals surface area contributed by atoms with Gasteiger partial charge in [0.05, 0.1) is 5.56 Å². The average molecular weight is 328 g/mol. The van der Waals surface area contributed by atoms with Crippen molar-refractivity contribution < 1.29 is 14.7 Å². The number of nitrogens with zero attached hydrogens (tertiary/aromatic N) is 3. The zero-order chi connectivity index (χ0) is 17.3. The number of nitrogens with one attached hydrogen (secondary N) is 1. The van der Waals surface area contributed by atoms with Crippen LogP contribution in [0.5, 0.6) is 5.75 Å². The van der Waals surface area contributed by atoms with Crippen LogP contribution in [0.3, 0.4) is 0 Å². The second kappa shape index (κ2) is 6.35. The van der Waals surface area contributed by atoms with Gasteiger partial charge in [0.1, 0.15) is 11.8 Å². The molecule has 126 valence electrons. The van der Waals surface area contributed by atoms with Crippen molar-refractivity contribution in [2.75, 3.05) is 11.4 Å². The summed E-state index contributed by atoms with van der Waals surface area (Å²) in [5.41, 5.74) is 1.03. The topological polar surface area (TPSA) is 87.5 Å². The van der Waals surface area contributed by atoms with E-state index in [1.807, 2.05) is 6.92 Å². The van der Waals surface area contributed by atoms with Gasteiger partial charge in [0.25, 0.3) is 11.8 Å². The highest BCUT2D eigenvalue weighted by Crippen LogP contribution is 2.21. The van der Waals surface area contributed by atoms with Crippen LogP contribution in [0.15, 0.2) is 30.5 Å². The molecule has 1 aromatic heterocycles. The number of amides is 2. The maximum absolute atomic E-state index is 12.6. The molecule has 3 rings (SSSR count). The molecule has 0 bridgehead atoms. The van der Waals surface area contributed by atoms with Gasteiger partial charge in [0.2, 0.25) is 0 Å². The number of hydrogen-bond acceptors (Lipinski definition) is 4. The zero-order valence-electron chi connectivity index (χ0n) is 13.7. The fraction of sp³-hybridized carbons (Fsp3) is 0.353. The number of rotatable bonds is 3. The SMILES string of the molecule is Cc1ccc(C(=O)NC2CCCN(c3ccn(C)n3)C2=O)c(O)c1. The summed E-state index contributed by atoms with van der Waals surface area (Å²) in [5.74, 6) is -0.134. The van der Waals surface area contributed by atoms with Crippen LogP contribution in [-0.4, -0.2) is 39.3 Å². The van der Waals surface area contributed by atoms with E-state index in [0.29, 0.717) is 18.8 Å². The van der Waals surface area contributed by atoms with E-state index >= 15 is 0 Å². The minimum Gasteiger partial charge on any atom is -0.507 e. The molecule has 7 nitrogen and oxygen atoms in total. The molecule has 0 radical (unpaired) electrons. The molecule has 1 unspecified atom stereocenters. The first-order valence-corrected chi connectivity index (χ1v) is 7.87. The number of hydrogen-bond donors (Lipinski definition) is 2.